The van der Waals surface area contributed by atoms with Crippen molar-refractivity contribution >= 4 is 40.8 Å². The van der Waals surface area contributed by atoms with Crippen LogP contribution in [0.5, 0.6) is 0 Å². The van der Waals surface area contributed by atoms with E-state index in [0.717, 1.165) is 12.8 Å². The van der Waals surface area contributed by atoms with Crippen molar-refractivity contribution < 1.29 is 14.7 Å². The maximum Gasteiger partial charge on any atom is 0.306 e. The van der Waals surface area contributed by atoms with Crippen LogP contribution in [0.25, 0.3) is 0 Å². The first kappa shape index (κ1) is 18.8. The first-order valence-electron chi connectivity index (χ1n) is 7.30. The highest BCUT2D eigenvalue weighted by Crippen LogP contribution is 2.30. The van der Waals surface area contributed by atoms with Crippen molar-refractivity contribution in [3.05, 3.63) is 28.2 Å². The summed E-state index contributed by atoms with van der Waals surface area (Å²) in [6.07, 6.45) is 2.94. The Bertz CT molecular complexity index is 534. The Labute approximate surface area is 140 Å². The molecule has 0 aliphatic heterocycles. The summed E-state index contributed by atoms with van der Waals surface area (Å²) < 4.78 is 0. The third kappa shape index (κ3) is 5.85. The fourth-order valence-electron chi connectivity index (χ4n) is 2.01. The smallest absolute Gasteiger partial charge is 0.306 e. The Morgan fingerprint density at radius 2 is 1.73 bits per heavy atom. The Kier molecular flexibility index (Phi) is 7.69. The van der Waals surface area contributed by atoms with Crippen LogP contribution in [0.1, 0.15) is 39.5 Å². The molecule has 122 valence electrons. The Morgan fingerprint density at radius 1 is 1.14 bits per heavy atom. The topological polar surface area (TPSA) is 66.4 Å². The quantitative estimate of drug-likeness (QED) is 0.661. The lowest BCUT2D eigenvalue weighted by Crippen LogP contribution is -2.20. The number of carboxylic acids is 1. The van der Waals surface area contributed by atoms with E-state index in [9.17, 15) is 9.59 Å². The summed E-state index contributed by atoms with van der Waals surface area (Å²) >= 11 is 11.9. The van der Waals surface area contributed by atoms with Gasteiger partial charge in [-0.25, -0.2) is 0 Å². The van der Waals surface area contributed by atoms with Crippen molar-refractivity contribution in [2.45, 2.75) is 39.5 Å². The second kappa shape index (κ2) is 9.01. The van der Waals surface area contributed by atoms with Crippen molar-refractivity contribution in [2.24, 2.45) is 11.8 Å². The molecule has 0 aromatic heterocycles. The Morgan fingerprint density at radius 3 is 2.32 bits per heavy atom. The summed E-state index contributed by atoms with van der Waals surface area (Å²) in [5, 5.41) is 12.3. The van der Waals surface area contributed by atoms with E-state index in [4.69, 9.17) is 28.3 Å². The van der Waals surface area contributed by atoms with E-state index in [2.05, 4.69) is 5.32 Å². The van der Waals surface area contributed by atoms with Gasteiger partial charge in [-0.15, -0.1) is 0 Å². The van der Waals surface area contributed by atoms with Crippen LogP contribution in [0, 0.1) is 11.8 Å². The van der Waals surface area contributed by atoms with E-state index in [-0.39, 0.29) is 17.7 Å². The molecule has 0 bridgehead atoms. The first-order valence-corrected chi connectivity index (χ1v) is 8.06. The molecule has 0 fully saturated rings. The van der Waals surface area contributed by atoms with Crippen LogP contribution in [-0.4, -0.2) is 17.0 Å². The molecule has 0 aliphatic carbocycles. The van der Waals surface area contributed by atoms with Crippen molar-refractivity contribution in [3.8, 4) is 0 Å². The number of carbonyl (C=O) groups excluding carboxylic acids is 1. The summed E-state index contributed by atoms with van der Waals surface area (Å²) in [4.78, 5) is 22.8. The number of nitrogens with one attached hydrogen (secondary N) is 1. The van der Waals surface area contributed by atoms with E-state index < -0.39 is 5.97 Å². The van der Waals surface area contributed by atoms with E-state index in [0.29, 0.717) is 28.6 Å². The van der Waals surface area contributed by atoms with Gasteiger partial charge in [-0.2, -0.15) is 0 Å². The minimum atomic E-state index is -0.776. The third-order valence-electron chi connectivity index (χ3n) is 3.60. The van der Waals surface area contributed by atoms with Crippen LogP contribution in [-0.2, 0) is 9.59 Å². The monoisotopic (exact) mass is 345 g/mol. The number of carbonyl (C=O) groups is 2. The number of anilines is 1. The number of rotatable bonds is 8. The van der Waals surface area contributed by atoms with Crippen molar-refractivity contribution in [2.75, 3.05) is 5.32 Å². The van der Waals surface area contributed by atoms with E-state index in [1.165, 1.54) is 0 Å². The largest absolute Gasteiger partial charge is 0.481 e. The predicted molar refractivity (Wildman–Crippen MR) is 89.5 cm³/mol. The van der Waals surface area contributed by atoms with E-state index in [1.54, 1.807) is 25.1 Å². The fraction of sp³-hybridized carbons (Fsp3) is 0.500. The molecule has 1 unspecified atom stereocenters. The van der Waals surface area contributed by atoms with Crippen LogP contribution >= 0.6 is 23.2 Å². The normalized spacial score (nSPS) is 13.5. The zero-order valence-electron chi connectivity index (χ0n) is 12.7. The number of aliphatic carboxylic acids is 1. The lowest BCUT2D eigenvalue weighted by Gasteiger charge is -2.14. The number of amides is 1. The number of hydrogen-bond donors (Lipinski definition) is 2. The maximum atomic E-state index is 12.1. The van der Waals surface area contributed by atoms with Crippen LogP contribution in [0.2, 0.25) is 10.0 Å². The third-order valence-corrected chi connectivity index (χ3v) is 4.42. The van der Waals surface area contributed by atoms with Crippen LogP contribution in [0.3, 0.4) is 0 Å². The molecule has 0 aliphatic rings. The van der Waals surface area contributed by atoms with Gasteiger partial charge in [0.05, 0.1) is 21.7 Å². The van der Waals surface area contributed by atoms with Gasteiger partial charge >= 0.3 is 5.97 Å². The van der Waals surface area contributed by atoms with Crippen molar-refractivity contribution in [3.63, 3.8) is 0 Å². The van der Waals surface area contributed by atoms with E-state index >= 15 is 0 Å². The molecule has 0 spiro atoms. The second-order valence-electron chi connectivity index (χ2n) is 5.52. The second-order valence-corrected chi connectivity index (χ2v) is 6.30. The molecule has 0 saturated heterocycles. The minimum Gasteiger partial charge on any atom is -0.481 e. The molecule has 1 aromatic carbocycles. The molecular formula is C16H21Cl2NO3. The molecule has 0 saturated carbocycles. The zero-order chi connectivity index (χ0) is 16.7. The molecule has 1 rings (SSSR count). The SMILES string of the molecule is CC(CCCC[C@@H](C)C(=O)Nc1cccc(Cl)c1Cl)C(=O)O. The number of benzene rings is 1. The fourth-order valence-corrected chi connectivity index (χ4v) is 2.36. The summed E-state index contributed by atoms with van der Waals surface area (Å²) in [6.45, 7) is 3.54. The molecular weight excluding hydrogens is 325 g/mol. The summed E-state index contributed by atoms with van der Waals surface area (Å²) in [7, 11) is 0. The Hall–Kier alpha value is -1.26. The summed E-state index contributed by atoms with van der Waals surface area (Å²) in [6, 6.07) is 5.09. The highest BCUT2D eigenvalue weighted by Gasteiger charge is 2.16. The Balaban J connectivity index is 2.39. The van der Waals surface area contributed by atoms with Crippen LogP contribution in [0.4, 0.5) is 5.69 Å². The van der Waals surface area contributed by atoms with Gasteiger partial charge in [-0.3, -0.25) is 9.59 Å². The zero-order valence-corrected chi connectivity index (χ0v) is 14.2. The summed E-state index contributed by atoms with van der Waals surface area (Å²) in [5.41, 5.74) is 0.505. The lowest BCUT2D eigenvalue weighted by atomic mass is 9.98. The van der Waals surface area contributed by atoms with Gasteiger partial charge in [0.15, 0.2) is 0 Å². The first-order chi connectivity index (χ1) is 10.3. The summed E-state index contributed by atoms with van der Waals surface area (Å²) in [5.74, 6) is -1.40. The number of halogens is 2. The molecule has 0 heterocycles. The molecule has 6 heteroatoms. The van der Waals surface area contributed by atoms with Crippen LogP contribution in [0.15, 0.2) is 18.2 Å². The number of unbranched alkanes of at least 4 members (excludes halogenated alkanes) is 1. The van der Waals surface area contributed by atoms with Crippen molar-refractivity contribution in [1.82, 2.24) is 0 Å². The van der Waals surface area contributed by atoms with Gasteiger partial charge in [0, 0.05) is 5.92 Å². The average molecular weight is 346 g/mol. The lowest BCUT2D eigenvalue weighted by molar-refractivity contribution is -0.141. The molecule has 2 N–H and O–H groups in total. The predicted octanol–water partition coefficient (Wildman–Crippen LogP) is 4.85. The van der Waals surface area contributed by atoms with Gasteiger partial charge in [-0.05, 0) is 25.0 Å². The molecule has 4 nitrogen and oxygen atoms in total. The molecule has 22 heavy (non-hydrogen) atoms. The van der Waals surface area contributed by atoms with Gasteiger partial charge < -0.3 is 10.4 Å². The minimum absolute atomic E-state index is 0.115. The standard InChI is InChI=1S/C16H21Cl2NO3/c1-10(6-3-4-7-11(2)16(21)22)15(20)19-13-9-5-8-12(17)14(13)18/h5,8-11H,3-4,6-7H2,1-2H3,(H,19,20)(H,21,22)/t10-,11?/m1/s1. The van der Waals surface area contributed by atoms with Gasteiger partial charge in [-0.1, -0.05) is 56.0 Å². The number of hydrogen-bond acceptors (Lipinski definition) is 2. The average Bonchev–Trinajstić information content (AvgIpc) is 2.47. The highest BCUT2D eigenvalue weighted by molar-refractivity contribution is 6.43. The molecule has 1 amide bonds. The van der Waals surface area contributed by atoms with Crippen LogP contribution < -0.4 is 5.32 Å². The van der Waals surface area contributed by atoms with Gasteiger partial charge in [0.2, 0.25) is 5.91 Å². The molecule has 2 atom stereocenters. The maximum absolute atomic E-state index is 12.1. The van der Waals surface area contributed by atoms with E-state index in [1.807, 2.05) is 6.92 Å². The molecule has 1 aromatic rings. The van der Waals surface area contributed by atoms with Crippen molar-refractivity contribution in [1.29, 1.82) is 0 Å². The van der Waals surface area contributed by atoms with Gasteiger partial charge in [0.1, 0.15) is 0 Å². The highest BCUT2D eigenvalue weighted by atomic mass is 35.5. The van der Waals surface area contributed by atoms with Gasteiger partial charge in [0.25, 0.3) is 0 Å². The number of carboxylic acid groups (broad SMARTS) is 1. The molecule has 0 radical (unpaired) electrons.